The molecule has 0 radical (unpaired) electrons. The van der Waals surface area contributed by atoms with Crippen molar-refractivity contribution < 1.29 is 12.9 Å². The Labute approximate surface area is 178 Å². The van der Waals surface area contributed by atoms with Gasteiger partial charge in [0, 0.05) is 36.8 Å². The molecule has 2 heterocycles. The second-order valence-electron chi connectivity index (χ2n) is 6.63. The van der Waals surface area contributed by atoms with Crippen molar-refractivity contribution in [2.75, 3.05) is 26.2 Å². The number of sulfonamides is 1. The highest BCUT2D eigenvalue weighted by molar-refractivity contribution is 7.89. The second-order valence-corrected chi connectivity index (χ2v) is 9.38. The van der Waals surface area contributed by atoms with Crippen LogP contribution in [0.5, 0.6) is 0 Å². The summed E-state index contributed by atoms with van der Waals surface area (Å²) in [5.41, 5.74) is 0.781. The molecule has 0 atom stereocenters. The maximum Gasteiger partial charge on any atom is 0.244 e. The van der Waals surface area contributed by atoms with E-state index in [9.17, 15) is 8.42 Å². The molecule has 1 fully saturated rings. The summed E-state index contributed by atoms with van der Waals surface area (Å²) < 4.78 is 32.5. The smallest absolute Gasteiger partial charge is 0.244 e. The number of rotatable bonds is 5. The van der Waals surface area contributed by atoms with E-state index in [1.54, 1.807) is 30.3 Å². The third kappa shape index (κ3) is 4.46. The first-order valence-corrected chi connectivity index (χ1v) is 11.2. The summed E-state index contributed by atoms with van der Waals surface area (Å²) in [6.45, 7) is 2.29. The molecule has 1 saturated heterocycles. The summed E-state index contributed by atoms with van der Waals surface area (Å²) >= 11 is 12.1. The van der Waals surface area contributed by atoms with Gasteiger partial charge in [-0.1, -0.05) is 52.6 Å². The normalized spacial score (nSPS) is 16.2. The first-order valence-electron chi connectivity index (χ1n) is 8.99. The summed E-state index contributed by atoms with van der Waals surface area (Å²) in [6.07, 6.45) is 0. The Hall–Kier alpha value is -1.97. The zero-order chi connectivity index (χ0) is 20.4. The number of aromatic nitrogens is 2. The van der Waals surface area contributed by atoms with Crippen molar-refractivity contribution in [3.05, 3.63) is 64.5 Å². The minimum Gasteiger partial charge on any atom is -0.338 e. The Balaban J connectivity index is 1.39. The van der Waals surface area contributed by atoms with Crippen LogP contribution >= 0.6 is 23.2 Å². The van der Waals surface area contributed by atoms with Gasteiger partial charge in [0.15, 0.2) is 0 Å². The van der Waals surface area contributed by atoms with Crippen LogP contribution in [-0.2, 0) is 16.6 Å². The van der Waals surface area contributed by atoms with Gasteiger partial charge in [0.1, 0.15) is 4.90 Å². The van der Waals surface area contributed by atoms with E-state index < -0.39 is 10.0 Å². The zero-order valence-corrected chi connectivity index (χ0v) is 17.7. The van der Waals surface area contributed by atoms with Gasteiger partial charge in [-0.2, -0.15) is 9.29 Å². The molecule has 1 aliphatic heterocycles. The molecule has 0 unspecified atom stereocenters. The number of piperazine rings is 1. The fraction of sp³-hybridized carbons (Fsp3) is 0.263. The fourth-order valence-corrected chi connectivity index (χ4v) is 5.28. The molecule has 7 nitrogen and oxygen atoms in total. The van der Waals surface area contributed by atoms with Crippen LogP contribution in [0.1, 0.15) is 5.89 Å². The SMILES string of the molecule is O=S(=O)(c1ccccc1Cl)N1CCN(Cc2nc(-c3cccc(Cl)c3)no2)CC1. The predicted octanol–water partition coefficient (Wildman–Crippen LogP) is 3.55. The molecule has 0 N–H and O–H groups in total. The molecule has 29 heavy (non-hydrogen) atoms. The molecule has 2 aromatic carbocycles. The lowest BCUT2D eigenvalue weighted by atomic mass is 10.2. The van der Waals surface area contributed by atoms with Gasteiger partial charge in [-0.05, 0) is 24.3 Å². The van der Waals surface area contributed by atoms with E-state index in [1.807, 2.05) is 12.1 Å². The molecule has 0 amide bonds. The van der Waals surface area contributed by atoms with E-state index in [0.717, 1.165) is 5.56 Å². The van der Waals surface area contributed by atoms with Crippen LogP contribution < -0.4 is 0 Å². The van der Waals surface area contributed by atoms with Crippen LogP contribution in [0.25, 0.3) is 11.4 Å². The largest absolute Gasteiger partial charge is 0.338 e. The quantitative estimate of drug-likeness (QED) is 0.588. The van der Waals surface area contributed by atoms with Crippen LogP contribution in [0.3, 0.4) is 0 Å². The molecular weight excluding hydrogens is 435 g/mol. The number of hydrogen-bond acceptors (Lipinski definition) is 6. The van der Waals surface area contributed by atoms with Crippen molar-refractivity contribution in [1.29, 1.82) is 0 Å². The molecule has 0 bridgehead atoms. The van der Waals surface area contributed by atoms with Crippen molar-refractivity contribution in [2.24, 2.45) is 0 Å². The maximum atomic E-state index is 12.8. The minimum absolute atomic E-state index is 0.137. The van der Waals surface area contributed by atoms with Crippen LogP contribution in [0.4, 0.5) is 0 Å². The number of hydrogen-bond donors (Lipinski definition) is 0. The third-order valence-corrected chi connectivity index (χ3v) is 7.33. The van der Waals surface area contributed by atoms with Crippen LogP contribution in [0.2, 0.25) is 10.0 Å². The Morgan fingerprint density at radius 2 is 1.76 bits per heavy atom. The molecule has 4 rings (SSSR count). The molecule has 152 valence electrons. The van der Waals surface area contributed by atoms with Gasteiger partial charge in [-0.15, -0.1) is 0 Å². The molecule has 0 spiro atoms. The Kier molecular flexibility index (Phi) is 5.89. The number of halogens is 2. The highest BCUT2D eigenvalue weighted by atomic mass is 35.5. The number of benzene rings is 2. The highest BCUT2D eigenvalue weighted by Crippen LogP contribution is 2.25. The van der Waals surface area contributed by atoms with Crippen molar-refractivity contribution in [3.63, 3.8) is 0 Å². The van der Waals surface area contributed by atoms with Gasteiger partial charge in [-0.25, -0.2) is 8.42 Å². The number of nitrogens with zero attached hydrogens (tertiary/aromatic N) is 4. The van der Waals surface area contributed by atoms with Crippen molar-refractivity contribution in [2.45, 2.75) is 11.4 Å². The van der Waals surface area contributed by atoms with Gasteiger partial charge in [0.25, 0.3) is 0 Å². The lowest BCUT2D eigenvalue weighted by molar-refractivity contribution is 0.163. The molecular formula is C19H18Cl2N4O3S. The van der Waals surface area contributed by atoms with Crippen LogP contribution in [0, 0.1) is 0 Å². The monoisotopic (exact) mass is 452 g/mol. The summed E-state index contributed by atoms with van der Waals surface area (Å²) in [7, 11) is -3.61. The van der Waals surface area contributed by atoms with Gasteiger partial charge in [-0.3, -0.25) is 4.90 Å². The Morgan fingerprint density at radius 1 is 1.00 bits per heavy atom. The molecule has 0 saturated carbocycles. The lowest BCUT2D eigenvalue weighted by Crippen LogP contribution is -2.48. The van der Waals surface area contributed by atoms with E-state index in [1.165, 1.54) is 10.4 Å². The van der Waals surface area contributed by atoms with Crippen molar-refractivity contribution >= 4 is 33.2 Å². The van der Waals surface area contributed by atoms with E-state index in [0.29, 0.717) is 49.5 Å². The van der Waals surface area contributed by atoms with Crippen LogP contribution in [0.15, 0.2) is 57.9 Å². The first-order chi connectivity index (χ1) is 13.9. The van der Waals surface area contributed by atoms with Gasteiger partial charge in [0.05, 0.1) is 11.6 Å². The summed E-state index contributed by atoms with van der Waals surface area (Å²) in [4.78, 5) is 6.63. The average Bonchev–Trinajstić information content (AvgIpc) is 3.17. The van der Waals surface area contributed by atoms with Crippen LogP contribution in [-0.4, -0.2) is 53.9 Å². The second kappa shape index (κ2) is 8.41. The van der Waals surface area contributed by atoms with Crippen molar-refractivity contribution in [3.8, 4) is 11.4 Å². The Morgan fingerprint density at radius 3 is 2.48 bits per heavy atom. The van der Waals surface area contributed by atoms with E-state index in [-0.39, 0.29) is 9.92 Å². The highest BCUT2D eigenvalue weighted by Gasteiger charge is 2.30. The molecule has 0 aliphatic carbocycles. The van der Waals surface area contributed by atoms with E-state index in [2.05, 4.69) is 15.0 Å². The van der Waals surface area contributed by atoms with Gasteiger partial charge < -0.3 is 4.52 Å². The van der Waals surface area contributed by atoms with Gasteiger partial charge >= 0.3 is 0 Å². The maximum absolute atomic E-state index is 12.8. The average molecular weight is 453 g/mol. The fourth-order valence-electron chi connectivity index (χ4n) is 3.18. The molecule has 1 aliphatic rings. The summed E-state index contributed by atoms with van der Waals surface area (Å²) in [5.74, 6) is 0.949. The minimum atomic E-state index is -3.61. The molecule has 10 heteroatoms. The zero-order valence-electron chi connectivity index (χ0n) is 15.3. The first kappa shape index (κ1) is 20.3. The van der Waals surface area contributed by atoms with E-state index >= 15 is 0 Å². The van der Waals surface area contributed by atoms with Gasteiger partial charge in [0.2, 0.25) is 21.7 Å². The predicted molar refractivity (Wildman–Crippen MR) is 110 cm³/mol. The topological polar surface area (TPSA) is 79.5 Å². The lowest BCUT2D eigenvalue weighted by Gasteiger charge is -2.33. The Bertz CT molecular complexity index is 1110. The standard InChI is InChI=1S/C19H18Cl2N4O3S/c20-15-5-3-4-14(12-15)19-22-18(28-23-19)13-24-8-10-25(11-9-24)29(26,27)17-7-2-1-6-16(17)21/h1-7,12H,8-11,13H2. The van der Waals surface area contributed by atoms with Crippen molar-refractivity contribution in [1.82, 2.24) is 19.3 Å². The summed E-state index contributed by atoms with van der Waals surface area (Å²) in [6, 6.07) is 13.7. The molecule has 1 aromatic heterocycles. The van der Waals surface area contributed by atoms with E-state index in [4.69, 9.17) is 27.7 Å². The summed E-state index contributed by atoms with van der Waals surface area (Å²) in [5, 5.41) is 4.84. The third-order valence-electron chi connectivity index (χ3n) is 4.70. The molecule has 3 aromatic rings.